The van der Waals surface area contributed by atoms with Crippen LogP contribution in [0.3, 0.4) is 0 Å². The van der Waals surface area contributed by atoms with Gasteiger partial charge < -0.3 is 10.1 Å². The Kier molecular flexibility index (Phi) is 5.46. The third-order valence-corrected chi connectivity index (χ3v) is 3.96. The molecule has 0 saturated heterocycles. The number of methoxy groups -OCH3 is 1. The summed E-state index contributed by atoms with van der Waals surface area (Å²) in [6.45, 7) is 0.627. The van der Waals surface area contributed by atoms with Crippen LogP contribution in [0.1, 0.15) is 17.5 Å². The fraction of sp³-hybridized carbons (Fsp3) is 0.200. The highest BCUT2D eigenvalue weighted by Crippen LogP contribution is 2.14. The lowest BCUT2D eigenvalue weighted by atomic mass is 10.1. The third-order valence-electron chi connectivity index (χ3n) is 3.96. The summed E-state index contributed by atoms with van der Waals surface area (Å²) in [6, 6.07) is 19.6. The second kappa shape index (κ2) is 8.15. The number of rotatable bonds is 7. The van der Waals surface area contributed by atoms with E-state index in [1.807, 2.05) is 60.7 Å². The Labute approximate surface area is 147 Å². The van der Waals surface area contributed by atoms with E-state index in [4.69, 9.17) is 4.74 Å². The van der Waals surface area contributed by atoms with Gasteiger partial charge in [-0.1, -0.05) is 42.5 Å². The smallest absolute Gasteiger partial charge is 0.225 e. The third kappa shape index (κ3) is 4.70. The second-order valence-corrected chi connectivity index (χ2v) is 5.76. The molecule has 5 nitrogen and oxygen atoms in total. The van der Waals surface area contributed by atoms with E-state index in [1.165, 1.54) is 0 Å². The second-order valence-electron chi connectivity index (χ2n) is 5.76. The van der Waals surface area contributed by atoms with E-state index in [-0.39, 0.29) is 5.91 Å². The zero-order valence-corrected chi connectivity index (χ0v) is 14.2. The molecular formula is C20H21N3O2. The van der Waals surface area contributed by atoms with Crippen molar-refractivity contribution < 1.29 is 9.53 Å². The highest BCUT2D eigenvalue weighted by Gasteiger charge is 2.08. The van der Waals surface area contributed by atoms with Gasteiger partial charge in [0.05, 0.1) is 19.9 Å². The Morgan fingerprint density at radius 3 is 2.52 bits per heavy atom. The average Bonchev–Trinajstić information content (AvgIpc) is 3.08. The number of hydrogen-bond donors (Lipinski definition) is 1. The first-order valence-corrected chi connectivity index (χ1v) is 8.23. The van der Waals surface area contributed by atoms with Gasteiger partial charge >= 0.3 is 0 Å². The van der Waals surface area contributed by atoms with E-state index in [0.717, 1.165) is 16.9 Å². The number of hydrogen-bond acceptors (Lipinski definition) is 3. The maximum Gasteiger partial charge on any atom is 0.225 e. The Morgan fingerprint density at radius 1 is 1.04 bits per heavy atom. The Balaban J connectivity index is 1.55. The van der Waals surface area contributed by atoms with Crippen molar-refractivity contribution in [1.82, 2.24) is 9.78 Å². The maximum absolute atomic E-state index is 12.2. The molecule has 1 N–H and O–H groups in total. The summed E-state index contributed by atoms with van der Waals surface area (Å²) in [5.41, 5.74) is 2.24. The molecule has 0 unspecified atom stereocenters. The standard InChI is InChI=1S/C20H21N3O2/c1-25-18-10-7-16(8-11-18)9-12-20(24)22-19-13-14-21-23(19)15-17-5-3-2-4-6-17/h2-8,10-11,13-14H,9,12,15H2,1H3,(H,22,24). The number of carbonyl (C=O) groups is 1. The van der Waals surface area contributed by atoms with Gasteiger partial charge in [0.2, 0.25) is 5.91 Å². The van der Waals surface area contributed by atoms with E-state index >= 15 is 0 Å². The molecule has 0 fully saturated rings. The number of nitrogens with zero attached hydrogens (tertiary/aromatic N) is 2. The summed E-state index contributed by atoms with van der Waals surface area (Å²) in [7, 11) is 1.64. The van der Waals surface area contributed by atoms with E-state index in [0.29, 0.717) is 25.2 Å². The number of nitrogens with one attached hydrogen (secondary N) is 1. The van der Waals surface area contributed by atoms with Gasteiger partial charge in [-0.3, -0.25) is 4.79 Å². The van der Waals surface area contributed by atoms with Crippen molar-refractivity contribution >= 4 is 11.7 Å². The molecule has 25 heavy (non-hydrogen) atoms. The summed E-state index contributed by atoms with van der Waals surface area (Å²) in [5, 5.41) is 7.23. The van der Waals surface area contributed by atoms with Crippen LogP contribution < -0.4 is 10.1 Å². The molecule has 1 amide bonds. The van der Waals surface area contributed by atoms with Crippen LogP contribution in [-0.2, 0) is 17.8 Å². The van der Waals surface area contributed by atoms with Crippen molar-refractivity contribution in [3.05, 3.63) is 78.0 Å². The van der Waals surface area contributed by atoms with Gasteiger partial charge in [-0.15, -0.1) is 0 Å². The Morgan fingerprint density at radius 2 is 1.80 bits per heavy atom. The molecule has 0 spiro atoms. The zero-order chi connectivity index (χ0) is 17.5. The highest BCUT2D eigenvalue weighted by atomic mass is 16.5. The lowest BCUT2D eigenvalue weighted by molar-refractivity contribution is -0.116. The van der Waals surface area contributed by atoms with Crippen LogP contribution in [0.5, 0.6) is 5.75 Å². The number of carbonyl (C=O) groups excluding carboxylic acids is 1. The molecule has 1 heterocycles. The van der Waals surface area contributed by atoms with E-state index in [1.54, 1.807) is 18.0 Å². The molecule has 0 aliphatic carbocycles. The van der Waals surface area contributed by atoms with Gasteiger partial charge in [0, 0.05) is 12.5 Å². The molecule has 3 rings (SSSR count). The molecule has 5 heteroatoms. The van der Waals surface area contributed by atoms with E-state index in [2.05, 4.69) is 10.4 Å². The molecule has 0 radical (unpaired) electrons. The number of amides is 1. The predicted molar refractivity (Wildman–Crippen MR) is 97.7 cm³/mol. The van der Waals surface area contributed by atoms with Crippen molar-refractivity contribution in [3.8, 4) is 5.75 Å². The summed E-state index contributed by atoms with van der Waals surface area (Å²) in [4.78, 5) is 12.2. The van der Waals surface area contributed by atoms with Gasteiger partial charge in [0.1, 0.15) is 11.6 Å². The molecule has 0 aliphatic rings. The molecule has 2 aromatic carbocycles. The van der Waals surface area contributed by atoms with Gasteiger partial charge in [0.25, 0.3) is 0 Å². The highest BCUT2D eigenvalue weighted by molar-refractivity contribution is 5.89. The van der Waals surface area contributed by atoms with Gasteiger partial charge in [-0.05, 0) is 29.7 Å². The largest absolute Gasteiger partial charge is 0.497 e. The molecule has 3 aromatic rings. The zero-order valence-electron chi connectivity index (χ0n) is 14.2. The molecule has 128 valence electrons. The molecule has 1 aromatic heterocycles. The van der Waals surface area contributed by atoms with Crippen molar-refractivity contribution in [2.24, 2.45) is 0 Å². The number of ether oxygens (including phenoxy) is 1. The first-order chi connectivity index (χ1) is 12.2. The topological polar surface area (TPSA) is 56.1 Å². The molecule has 0 aliphatic heterocycles. The summed E-state index contributed by atoms with van der Waals surface area (Å²) < 4.78 is 6.93. The van der Waals surface area contributed by atoms with Gasteiger partial charge in [0.15, 0.2) is 0 Å². The van der Waals surface area contributed by atoms with Crippen molar-refractivity contribution in [2.45, 2.75) is 19.4 Å². The molecule has 0 atom stereocenters. The summed E-state index contributed by atoms with van der Waals surface area (Å²) in [5.74, 6) is 1.51. The molecule has 0 saturated carbocycles. The van der Waals surface area contributed by atoms with E-state index in [9.17, 15) is 4.79 Å². The van der Waals surface area contributed by atoms with Crippen LogP contribution in [0.4, 0.5) is 5.82 Å². The molecule has 0 bridgehead atoms. The minimum absolute atomic E-state index is 0.0226. The van der Waals surface area contributed by atoms with Crippen LogP contribution in [0.2, 0.25) is 0 Å². The van der Waals surface area contributed by atoms with Crippen molar-refractivity contribution in [3.63, 3.8) is 0 Å². The Hall–Kier alpha value is -3.08. The quantitative estimate of drug-likeness (QED) is 0.719. The predicted octanol–water partition coefficient (Wildman–Crippen LogP) is 3.51. The average molecular weight is 335 g/mol. The van der Waals surface area contributed by atoms with Crippen LogP contribution in [0.15, 0.2) is 66.9 Å². The lowest BCUT2D eigenvalue weighted by Gasteiger charge is -2.09. The first kappa shape index (κ1) is 16.8. The van der Waals surface area contributed by atoms with E-state index < -0.39 is 0 Å². The summed E-state index contributed by atoms with van der Waals surface area (Å²) >= 11 is 0. The lowest BCUT2D eigenvalue weighted by Crippen LogP contribution is -2.16. The minimum atomic E-state index is -0.0226. The van der Waals surface area contributed by atoms with Crippen LogP contribution in [0, 0.1) is 0 Å². The number of aryl methyl sites for hydroxylation is 1. The van der Waals surface area contributed by atoms with Crippen molar-refractivity contribution in [1.29, 1.82) is 0 Å². The number of anilines is 1. The van der Waals surface area contributed by atoms with Gasteiger partial charge in [-0.2, -0.15) is 5.10 Å². The normalized spacial score (nSPS) is 10.4. The minimum Gasteiger partial charge on any atom is -0.497 e. The fourth-order valence-electron chi connectivity index (χ4n) is 2.58. The summed E-state index contributed by atoms with van der Waals surface area (Å²) in [6.07, 6.45) is 2.80. The monoisotopic (exact) mass is 335 g/mol. The fourth-order valence-corrected chi connectivity index (χ4v) is 2.58. The SMILES string of the molecule is COc1ccc(CCC(=O)Nc2ccnn2Cc2ccccc2)cc1. The first-order valence-electron chi connectivity index (χ1n) is 8.23. The van der Waals surface area contributed by atoms with Crippen LogP contribution in [0.25, 0.3) is 0 Å². The molecular weight excluding hydrogens is 314 g/mol. The Bertz CT molecular complexity index is 810. The van der Waals surface area contributed by atoms with Crippen LogP contribution >= 0.6 is 0 Å². The van der Waals surface area contributed by atoms with Gasteiger partial charge in [-0.25, -0.2) is 4.68 Å². The maximum atomic E-state index is 12.2. The van der Waals surface area contributed by atoms with Crippen LogP contribution in [-0.4, -0.2) is 22.8 Å². The number of benzene rings is 2. The number of aromatic nitrogens is 2. The van der Waals surface area contributed by atoms with Crippen molar-refractivity contribution in [2.75, 3.05) is 12.4 Å².